The molecule has 1 amide bonds. The molecule has 0 radical (unpaired) electrons. The maximum Gasteiger partial charge on any atom is 0.255 e. The monoisotopic (exact) mass is 378 g/mol. The molecule has 0 saturated heterocycles. The van der Waals surface area contributed by atoms with Gasteiger partial charge >= 0.3 is 0 Å². The van der Waals surface area contributed by atoms with Crippen LogP contribution >= 0.6 is 0 Å². The van der Waals surface area contributed by atoms with Gasteiger partial charge in [0.25, 0.3) is 5.91 Å². The third kappa shape index (κ3) is 4.43. The lowest BCUT2D eigenvalue weighted by Gasteiger charge is -2.33. The highest BCUT2D eigenvalue weighted by Gasteiger charge is 2.34. The molecule has 140 valence electrons. The molecule has 2 aromatic carbocycles. The number of aromatic nitrogens is 1. The normalized spacial score (nSPS) is 12.2. The second kappa shape index (κ2) is 7.25. The van der Waals surface area contributed by atoms with Crippen LogP contribution < -0.4 is 10.5 Å². The summed E-state index contributed by atoms with van der Waals surface area (Å²) in [4.78, 5) is 17.5. The summed E-state index contributed by atoms with van der Waals surface area (Å²) in [6.07, 6.45) is 1.74. The molecule has 3 aromatic rings. The molecule has 4 nitrogen and oxygen atoms in total. The molecule has 0 spiro atoms. The number of anilines is 1. The molecular formula is C22H26N2O2Si. The van der Waals surface area contributed by atoms with Crippen LogP contribution in [0.15, 0.2) is 60.8 Å². The average Bonchev–Trinajstić information content (AvgIpc) is 2.60. The molecule has 0 aliphatic heterocycles. The number of nitrogens with one attached hydrogen (secondary N) is 1. The van der Waals surface area contributed by atoms with Crippen LogP contribution in [0.5, 0.6) is 0 Å². The molecule has 0 aliphatic rings. The van der Waals surface area contributed by atoms with Gasteiger partial charge in [-0.2, -0.15) is 0 Å². The van der Waals surface area contributed by atoms with Crippen molar-refractivity contribution in [2.45, 2.75) is 39.5 Å². The number of carbonyl (C=O) groups is 1. The van der Waals surface area contributed by atoms with Crippen LogP contribution in [0.2, 0.25) is 13.1 Å². The van der Waals surface area contributed by atoms with Crippen molar-refractivity contribution in [3.8, 4) is 0 Å². The predicted octanol–water partition coefficient (Wildman–Crippen LogP) is 4.71. The minimum absolute atomic E-state index is 0.137. The molecule has 1 heterocycles. The summed E-state index contributed by atoms with van der Waals surface area (Å²) in [5.74, 6) is -0.137. The second-order valence-corrected chi connectivity index (χ2v) is 11.9. The number of pyridine rings is 1. The predicted molar refractivity (Wildman–Crippen MR) is 114 cm³/mol. The Bertz CT molecular complexity index is 972. The Morgan fingerprint density at radius 1 is 1.00 bits per heavy atom. The number of benzene rings is 2. The summed E-state index contributed by atoms with van der Waals surface area (Å²) in [7, 11) is -2.27. The Labute approximate surface area is 161 Å². The number of hydrogen-bond donors (Lipinski definition) is 1. The van der Waals surface area contributed by atoms with Crippen molar-refractivity contribution in [3.63, 3.8) is 0 Å². The maximum absolute atomic E-state index is 13.1. The number of carbonyl (C=O) groups excluding carboxylic acids is 1. The summed E-state index contributed by atoms with van der Waals surface area (Å²) >= 11 is 0. The lowest BCUT2D eigenvalue weighted by Crippen LogP contribution is -2.51. The van der Waals surface area contributed by atoms with Crippen LogP contribution in [-0.2, 0) is 4.43 Å². The van der Waals surface area contributed by atoms with Gasteiger partial charge < -0.3 is 9.74 Å². The summed E-state index contributed by atoms with van der Waals surface area (Å²) < 4.78 is 6.37. The van der Waals surface area contributed by atoms with Crippen LogP contribution in [0.25, 0.3) is 10.9 Å². The van der Waals surface area contributed by atoms with Crippen LogP contribution in [0.1, 0.15) is 31.1 Å². The molecule has 0 saturated carbocycles. The molecule has 0 unspecified atom stereocenters. The number of hydrogen-bond acceptors (Lipinski definition) is 3. The molecule has 0 aliphatic carbocycles. The largest absolute Gasteiger partial charge is 0.408 e. The second-order valence-electron chi connectivity index (χ2n) is 8.11. The van der Waals surface area contributed by atoms with Crippen LogP contribution in [0.3, 0.4) is 0 Å². The number of fused-ring (bicyclic) bond motifs is 1. The summed E-state index contributed by atoms with van der Waals surface area (Å²) in [5.41, 5.74) is 1.89. The van der Waals surface area contributed by atoms with Crippen molar-refractivity contribution in [2.24, 2.45) is 0 Å². The Hall–Kier alpha value is -2.50. The van der Waals surface area contributed by atoms with E-state index >= 15 is 0 Å². The van der Waals surface area contributed by atoms with Crippen molar-refractivity contribution in [3.05, 3.63) is 66.4 Å². The standard InChI is InChI=1S/C22H26N2O2Si/c1-22(2,3)26-27(4,5)19-14-7-6-12-17(19)21(25)24-18-13-8-10-16-11-9-15-23-20(16)18/h6-15H,1-5H3,(H,24,25). The first kappa shape index (κ1) is 19.3. The zero-order valence-corrected chi connectivity index (χ0v) is 17.5. The van der Waals surface area contributed by atoms with Gasteiger partial charge in [-0.25, -0.2) is 0 Å². The minimum Gasteiger partial charge on any atom is -0.408 e. The van der Waals surface area contributed by atoms with Gasteiger partial charge in [0.05, 0.1) is 11.2 Å². The van der Waals surface area contributed by atoms with Crippen molar-refractivity contribution >= 4 is 36.0 Å². The molecule has 0 bridgehead atoms. The molecule has 0 atom stereocenters. The van der Waals surface area contributed by atoms with E-state index in [2.05, 4.69) is 23.4 Å². The third-order valence-corrected chi connectivity index (χ3v) is 7.12. The lowest BCUT2D eigenvalue weighted by atomic mass is 10.1. The number of para-hydroxylation sites is 1. The van der Waals surface area contributed by atoms with Gasteiger partial charge in [-0.15, -0.1) is 0 Å². The Morgan fingerprint density at radius 3 is 2.44 bits per heavy atom. The molecule has 3 rings (SSSR count). The molecule has 1 aromatic heterocycles. The smallest absolute Gasteiger partial charge is 0.255 e. The average molecular weight is 379 g/mol. The fraction of sp³-hybridized carbons (Fsp3) is 0.273. The van der Waals surface area contributed by atoms with Gasteiger partial charge in [0, 0.05) is 22.7 Å². The van der Waals surface area contributed by atoms with E-state index in [1.807, 2.05) is 75.4 Å². The van der Waals surface area contributed by atoms with Crippen LogP contribution in [-0.4, -0.2) is 24.8 Å². The SMILES string of the molecule is CC(C)(C)O[Si](C)(C)c1ccccc1C(=O)Nc1cccc2cccnc12. The first-order valence-electron chi connectivity index (χ1n) is 9.12. The Morgan fingerprint density at radius 2 is 1.70 bits per heavy atom. The zero-order valence-electron chi connectivity index (χ0n) is 16.5. The molecule has 1 N–H and O–H groups in total. The van der Waals surface area contributed by atoms with Crippen molar-refractivity contribution in [2.75, 3.05) is 5.32 Å². The van der Waals surface area contributed by atoms with Gasteiger partial charge in [0.2, 0.25) is 8.32 Å². The number of amides is 1. The van der Waals surface area contributed by atoms with E-state index in [1.165, 1.54) is 0 Å². The van der Waals surface area contributed by atoms with Gasteiger partial charge in [0.15, 0.2) is 0 Å². The van der Waals surface area contributed by atoms with E-state index in [0.717, 1.165) is 16.1 Å². The highest BCUT2D eigenvalue weighted by atomic mass is 28.4. The van der Waals surface area contributed by atoms with Crippen molar-refractivity contribution in [1.29, 1.82) is 0 Å². The Kier molecular flexibility index (Phi) is 5.17. The van der Waals surface area contributed by atoms with E-state index in [1.54, 1.807) is 6.20 Å². The maximum atomic E-state index is 13.1. The summed E-state index contributed by atoms with van der Waals surface area (Å²) in [5, 5.41) is 5.03. The van der Waals surface area contributed by atoms with Crippen LogP contribution in [0.4, 0.5) is 5.69 Å². The Balaban J connectivity index is 1.96. The molecular weight excluding hydrogens is 352 g/mol. The van der Waals surface area contributed by atoms with Gasteiger partial charge in [-0.1, -0.05) is 36.4 Å². The fourth-order valence-electron chi connectivity index (χ4n) is 3.42. The number of rotatable bonds is 4. The van der Waals surface area contributed by atoms with Crippen molar-refractivity contribution < 1.29 is 9.22 Å². The summed E-state index contributed by atoms with van der Waals surface area (Å²) in [6, 6.07) is 17.4. The third-order valence-electron chi connectivity index (χ3n) is 4.26. The fourth-order valence-corrected chi connectivity index (χ4v) is 6.41. The highest BCUT2D eigenvalue weighted by Crippen LogP contribution is 2.22. The van der Waals surface area contributed by atoms with Gasteiger partial charge in [-0.05, 0) is 57.3 Å². The summed E-state index contributed by atoms with van der Waals surface area (Å²) in [6.45, 7) is 10.4. The van der Waals surface area contributed by atoms with E-state index in [4.69, 9.17) is 4.43 Å². The lowest BCUT2D eigenvalue weighted by molar-refractivity contribution is 0.102. The molecule has 5 heteroatoms. The number of nitrogens with zero attached hydrogens (tertiary/aromatic N) is 1. The zero-order chi connectivity index (χ0) is 19.7. The quantitative estimate of drug-likeness (QED) is 0.669. The van der Waals surface area contributed by atoms with Crippen LogP contribution in [0, 0.1) is 0 Å². The van der Waals surface area contributed by atoms with Crippen molar-refractivity contribution in [1.82, 2.24) is 4.98 Å². The first-order valence-corrected chi connectivity index (χ1v) is 12.0. The molecule has 0 fully saturated rings. The van der Waals surface area contributed by atoms with E-state index in [0.29, 0.717) is 11.3 Å². The van der Waals surface area contributed by atoms with E-state index in [-0.39, 0.29) is 11.5 Å². The van der Waals surface area contributed by atoms with Gasteiger partial charge in [0.1, 0.15) is 0 Å². The first-order chi connectivity index (χ1) is 12.7. The minimum atomic E-state index is -2.27. The molecule has 27 heavy (non-hydrogen) atoms. The van der Waals surface area contributed by atoms with E-state index < -0.39 is 8.32 Å². The van der Waals surface area contributed by atoms with Gasteiger partial charge in [-0.3, -0.25) is 9.78 Å². The highest BCUT2D eigenvalue weighted by molar-refractivity contribution is 6.85. The topological polar surface area (TPSA) is 51.2 Å². The van der Waals surface area contributed by atoms with E-state index in [9.17, 15) is 4.79 Å².